The second-order valence-electron chi connectivity index (χ2n) is 9.10. The number of nitro benzene ring substituents is 1. The zero-order valence-corrected chi connectivity index (χ0v) is 23.3. The van der Waals surface area contributed by atoms with Gasteiger partial charge in [-0.25, -0.2) is 4.39 Å². The van der Waals surface area contributed by atoms with Crippen molar-refractivity contribution in [2.24, 2.45) is 0 Å². The van der Waals surface area contributed by atoms with E-state index < -0.39 is 28.2 Å². The Balaban J connectivity index is 1.39. The Kier molecular flexibility index (Phi) is 8.39. The van der Waals surface area contributed by atoms with E-state index in [4.69, 9.17) is 26.4 Å². The number of nitrogens with zero attached hydrogens (tertiary/aromatic N) is 2. The van der Waals surface area contributed by atoms with Gasteiger partial charge in [0.15, 0.2) is 10.9 Å². The summed E-state index contributed by atoms with van der Waals surface area (Å²) in [4.78, 5) is 38.2. The van der Waals surface area contributed by atoms with Crippen LogP contribution in [0.25, 0.3) is 6.08 Å². The van der Waals surface area contributed by atoms with Crippen molar-refractivity contribution in [1.82, 2.24) is 5.32 Å². The number of halogens is 1. The molecule has 4 aromatic carbocycles. The van der Waals surface area contributed by atoms with Crippen LogP contribution in [0.15, 0.2) is 96.6 Å². The fourth-order valence-electron chi connectivity index (χ4n) is 4.26. The summed E-state index contributed by atoms with van der Waals surface area (Å²) >= 11 is 5.30. The van der Waals surface area contributed by atoms with Gasteiger partial charge in [0, 0.05) is 17.7 Å². The molecule has 0 aromatic heterocycles. The summed E-state index contributed by atoms with van der Waals surface area (Å²) in [6.45, 7) is -0.224. The van der Waals surface area contributed by atoms with Gasteiger partial charge in [-0.1, -0.05) is 24.3 Å². The Labute approximate surface area is 250 Å². The van der Waals surface area contributed by atoms with Gasteiger partial charge in [-0.3, -0.25) is 29.9 Å². The smallest absolute Gasteiger partial charge is 0.311 e. The Morgan fingerprint density at radius 2 is 1.67 bits per heavy atom. The fourth-order valence-corrected chi connectivity index (χ4v) is 4.54. The Morgan fingerprint density at radius 1 is 0.953 bits per heavy atom. The summed E-state index contributed by atoms with van der Waals surface area (Å²) in [6.07, 6.45) is 1.38. The van der Waals surface area contributed by atoms with Crippen molar-refractivity contribution >= 4 is 46.6 Å². The van der Waals surface area contributed by atoms with E-state index in [1.807, 2.05) is 30.3 Å². The monoisotopic (exact) mass is 599 g/mol. The van der Waals surface area contributed by atoms with Crippen LogP contribution in [0.4, 0.5) is 15.8 Å². The zero-order valence-electron chi connectivity index (χ0n) is 22.5. The third kappa shape index (κ3) is 6.49. The quantitative estimate of drug-likeness (QED) is 0.0825. The van der Waals surface area contributed by atoms with Gasteiger partial charge in [-0.2, -0.15) is 0 Å². The third-order valence-electron chi connectivity index (χ3n) is 6.29. The van der Waals surface area contributed by atoms with Crippen molar-refractivity contribution in [3.63, 3.8) is 0 Å². The lowest BCUT2D eigenvalue weighted by Crippen LogP contribution is -2.54. The SMILES string of the molecule is COc1ccc(C=C2C(=O)NC(=S)N(c3ccc(Oc4ccccc4)cc3)C2=O)cc1COc1cc(F)ccc1[N+](=O)[O-]. The Morgan fingerprint density at radius 3 is 2.37 bits per heavy atom. The second-order valence-corrected chi connectivity index (χ2v) is 9.48. The van der Waals surface area contributed by atoms with Crippen molar-refractivity contribution in [1.29, 1.82) is 0 Å². The summed E-state index contributed by atoms with van der Waals surface area (Å²) in [5, 5.41) is 13.8. The standard InChI is InChI=1S/C31H22FN3O7S/c1-40-27-14-7-19(15-20(27)18-41-28-17-21(32)8-13-26(28)35(38)39)16-25-29(36)33-31(43)34(30(25)37)22-9-11-24(12-10-22)42-23-5-3-2-4-6-23/h2-17H,18H2,1H3,(H,33,36,43). The number of carbonyl (C=O) groups is 2. The average molecular weight is 600 g/mol. The summed E-state index contributed by atoms with van der Waals surface area (Å²) in [6, 6.07) is 23.5. The molecule has 1 saturated heterocycles. The van der Waals surface area contributed by atoms with Crippen LogP contribution in [0.1, 0.15) is 11.1 Å². The topological polar surface area (TPSA) is 120 Å². The van der Waals surface area contributed by atoms with Crippen LogP contribution in [0, 0.1) is 15.9 Å². The molecule has 4 aromatic rings. The van der Waals surface area contributed by atoms with Crippen LogP contribution in [0.3, 0.4) is 0 Å². The molecule has 1 N–H and O–H groups in total. The number of nitrogens with one attached hydrogen (secondary N) is 1. The second kappa shape index (κ2) is 12.5. The third-order valence-corrected chi connectivity index (χ3v) is 6.58. The number of anilines is 1. The van der Waals surface area contributed by atoms with Crippen LogP contribution in [0.2, 0.25) is 0 Å². The van der Waals surface area contributed by atoms with E-state index in [-0.39, 0.29) is 23.0 Å². The van der Waals surface area contributed by atoms with Crippen LogP contribution >= 0.6 is 12.2 Å². The first-order valence-electron chi connectivity index (χ1n) is 12.7. The van der Waals surface area contributed by atoms with E-state index in [2.05, 4.69) is 5.32 Å². The number of nitro groups is 1. The highest BCUT2D eigenvalue weighted by molar-refractivity contribution is 7.80. The number of carbonyl (C=O) groups excluding carboxylic acids is 2. The molecule has 216 valence electrons. The van der Waals surface area contributed by atoms with E-state index in [0.29, 0.717) is 34.1 Å². The van der Waals surface area contributed by atoms with E-state index >= 15 is 0 Å². The highest BCUT2D eigenvalue weighted by Crippen LogP contribution is 2.31. The van der Waals surface area contributed by atoms with Gasteiger partial charge in [-0.15, -0.1) is 0 Å². The lowest BCUT2D eigenvalue weighted by Gasteiger charge is -2.29. The molecule has 0 spiro atoms. The number of ether oxygens (including phenoxy) is 3. The maximum atomic E-state index is 13.7. The molecule has 2 amide bonds. The predicted octanol–water partition coefficient (Wildman–Crippen LogP) is 5.95. The lowest BCUT2D eigenvalue weighted by molar-refractivity contribution is -0.386. The number of para-hydroxylation sites is 1. The molecule has 0 saturated carbocycles. The van der Waals surface area contributed by atoms with Gasteiger partial charge in [-0.05, 0) is 78.5 Å². The zero-order chi connectivity index (χ0) is 30.5. The van der Waals surface area contributed by atoms with Crippen LogP contribution in [0.5, 0.6) is 23.0 Å². The molecule has 0 atom stereocenters. The molecular formula is C31H22FN3O7S. The molecule has 0 bridgehead atoms. The van der Waals surface area contributed by atoms with E-state index in [9.17, 15) is 24.1 Å². The van der Waals surface area contributed by atoms with Gasteiger partial charge in [0.1, 0.15) is 35.2 Å². The first kappa shape index (κ1) is 28.9. The van der Waals surface area contributed by atoms with Crippen molar-refractivity contribution in [2.75, 3.05) is 12.0 Å². The number of benzene rings is 4. The van der Waals surface area contributed by atoms with Crippen molar-refractivity contribution in [3.8, 4) is 23.0 Å². The number of amides is 2. The van der Waals surface area contributed by atoms with Crippen LogP contribution in [-0.2, 0) is 16.2 Å². The number of hydrogen-bond acceptors (Lipinski definition) is 8. The molecular weight excluding hydrogens is 577 g/mol. The van der Waals surface area contributed by atoms with Crippen molar-refractivity contribution < 1.29 is 33.1 Å². The predicted molar refractivity (Wildman–Crippen MR) is 160 cm³/mol. The number of methoxy groups -OCH3 is 1. The minimum atomic E-state index is -0.700. The number of rotatable bonds is 9. The average Bonchev–Trinajstić information content (AvgIpc) is 2.99. The minimum Gasteiger partial charge on any atom is -0.496 e. The van der Waals surface area contributed by atoms with Crippen LogP contribution < -0.4 is 24.4 Å². The first-order valence-corrected chi connectivity index (χ1v) is 13.1. The molecule has 1 aliphatic rings. The van der Waals surface area contributed by atoms with E-state index in [0.717, 1.165) is 18.2 Å². The summed E-state index contributed by atoms with van der Waals surface area (Å²) in [7, 11) is 1.43. The first-order chi connectivity index (χ1) is 20.7. The van der Waals surface area contributed by atoms with Gasteiger partial charge in [0.2, 0.25) is 0 Å². The summed E-state index contributed by atoms with van der Waals surface area (Å²) in [5.41, 5.74) is 0.697. The largest absolute Gasteiger partial charge is 0.496 e. The normalized spacial score (nSPS) is 14.0. The van der Waals surface area contributed by atoms with Gasteiger partial charge in [0.25, 0.3) is 11.8 Å². The highest BCUT2D eigenvalue weighted by Gasteiger charge is 2.34. The van der Waals surface area contributed by atoms with Crippen LogP contribution in [-0.4, -0.2) is 29.0 Å². The lowest BCUT2D eigenvalue weighted by atomic mass is 10.0. The molecule has 43 heavy (non-hydrogen) atoms. The van der Waals surface area contributed by atoms with E-state index in [1.54, 1.807) is 42.5 Å². The molecule has 1 aliphatic heterocycles. The van der Waals surface area contributed by atoms with E-state index in [1.165, 1.54) is 18.1 Å². The fraction of sp³-hybridized carbons (Fsp3) is 0.0645. The maximum Gasteiger partial charge on any atom is 0.311 e. The molecule has 5 rings (SSSR count). The van der Waals surface area contributed by atoms with Gasteiger partial charge in [0.05, 0.1) is 17.7 Å². The Bertz CT molecular complexity index is 1760. The molecule has 1 fully saturated rings. The molecule has 1 heterocycles. The molecule has 0 aliphatic carbocycles. The Hall–Kier alpha value is -5.62. The molecule has 0 unspecified atom stereocenters. The molecule has 0 radical (unpaired) electrons. The van der Waals surface area contributed by atoms with Crippen molar-refractivity contribution in [2.45, 2.75) is 6.61 Å². The minimum absolute atomic E-state index is 0.0793. The van der Waals surface area contributed by atoms with Crippen molar-refractivity contribution in [3.05, 3.63) is 124 Å². The summed E-state index contributed by atoms with van der Waals surface area (Å²) in [5.74, 6) is -0.719. The highest BCUT2D eigenvalue weighted by atomic mass is 32.1. The maximum absolute atomic E-state index is 13.7. The molecule has 10 nitrogen and oxygen atoms in total. The molecule has 12 heteroatoms. The number of hydrogen-bond donors (Lipinski definition) is 1. The summed E-state index contributed by atoms with van der Waals surface area (Å²) < 4.78 is 30.5. The van der Waals surface area contributed by atoms with Gasteiger partial charge >= 0.3 is 5.69 Å². The van der Waals surface area contributed by atoms with Gasteiger partial charge < -0.3 is 14.2 Å². The number of thiocarbonyl (C=S) groups is 1.